The molecule has 0 aliphatic heterocycles. The summed E-state index contributed by atoms with van der Waals surface area (Å²) < 4.78 is 40.9. The van der Waals surface area contributed by atoms with Crippen molar-refractivity contribution >= 4 is 11.1 Å². The number of rotatable bonds is 0. The molecule has 2 rings (SSSR count). The molecule has 0 amide bonds. The molecule has 1 aliphatic carbocycles. The average Bonchev–Trinajstić information content (AvgIpc) is 2.87. The summed E-state index contributed by atoms with van der Waals surface area (Å²) in [5.41, 5.74) is -1.74. The van der Waals surface area contributed by atoms with Crippen molar-refractivity contribution in [2.45, 2.75) is 6.42 Å². The number of hydrogen-bond donors (Lipinski definition) is 0. The zero-order valence-corrected chi connectivity index (χ0v) is 10.7. The van der Waals surface area contributed by atoms with E-state index in [1.165, 1.54) is 0 Å². The van der Waals surface area contributed by atoms with Gasteiger partial charge in [-0.05, 0) is 29.2 Å². The highest BCUT2D eigenvalue weighted by Gasteiger charge is 2.32. The number of nitriles is 2. The average molecular weight is 296 g/mol. The highest BCUT2D eigenvalue weighted by atomic mass is 19.2. The Morgan fingerprint density at radius 2 is 1.55 bits per heavy atom. The molecule has 0 fully saturated rings. The Kier molecular flexibility index (Phi) is 3.68. The van der Waals surface area contributed by atoms with Crippen molar-refractivity contribution in [1.29, 1.82) is 10.5 Å². The van der Waals surface area contributed by atoms with E-state index in [1.54, 1.807) is 12.1 Å². The number of allylic oxidation sites excluding steroid dienone is 4. The minimum absolute atomic E-state index is 0.0308. The highest BCUT2D eigenvalue weighted by Crippen LogP contribution is 2.46. The molecule has 0 spiro atoms. The van der Waals surface area contributed by atoms with Gasteiger partial charge in [-0.3, -0.25) is 0 Å². The van der Waals surface area contributed by atoms with Crippen molar-refractivity contribution in [3.63, 3.8) is 0 Å². The molecule has 0 bridgehead atoms. The van der Waals surface area contributed by atoms with Crippen molar-refractivity contribution < 1.29 is 13.2 Å². The summed E-state index contributed by atoms with van der Waals surface area (Å²) in [6.07, 6.45) is -0.286. The lowest BCUT2D eigenvalue weighted by Crippen LogP contribution is -1.98. The van der Waals surface area contributed by atoms with Gasteiger partial charge in [0.15, 0.2) is 17.5 Å². The molecule has 0 atom stereocenters. The third-order valence-corrected chi connectivity index (χ3v) is 3.15. The van der Waals surface area contributed by atoms with Crippen LogP contribution in [0.2, 0.25) is 0 Å². The van der Waals surface area contributed by atoms with Gasteiger partial charge in [0, 0.05) is 5.56 Å². The SMILES string of the molecule is [C-]#[N+]/C(C#N)=C1/C/C(=C(\C#N)[N+]#[C-])c2c1cc(F)c(F)c2F. The van der Waals surface area contributed by atoms with Crippen LogP contribution in [0.5, 0.6) is 0 Å². The second kappa shape index (κ2) is 5.44. The van der Waals surface area contributed by atoms with Crippen LogP contribution >= 0.6 is 0 Å². The molecule has 1 aromatic carbocycles. The zero-order valence-electron chi connectivity index (χ0n) is 10.7. The molecule has 0 unspecified atom stereocenters. The third kappa shape index (κ3) is 1.99. The van der Waals surface area contributed by atoms with E-state index < -0.39 is 34.4 Å². The van der Waals surface area contributed by atoms with E-state index in [2.05, 4.69) is 9.69 Å². The summed E-state index contributed by atoms with van der Waals surface area (Å²) in [6.45, 7) is 13.8. The van der Waals surface area contributed by atoms with Gasteiger partial charge in [-0.15, -0.1) is 0 Å². The van der Waals surface area contributed by atoms with Gasteiger partial charge in [-0.25, -0.2) is 33.4 Å². The summed E-state index contributed by atoms with van der Waals surface area (Å²) in [5.74, 6) is -4.75. The van der Waals surface area contributed by atoms with E-state index in [1.807, 2.05) is 0 Å². The Morgan fingerprint density at radius 1 is 1.00 bits per heavy atom. The fourth-order valence-electron chi connectivity index (χ4n) is 2.22. The fraction of sp³-hybridized carbons (Fsp3) is 0.0667. The molecule has 1 aromatic rings. The normalized spacial score (nSPS) is 16.7. The second-order valence-corrected chi connectivity index (χ2v) is 4.19. The van der Waals surface area contributed by atoms with Gasteiger partial charge in [-0.1, -0.05) is 0 Å². The first-order valence-electron chi connectivity index (χ1n) is 5.69. The van der Waals surface area contributed by atoms with Crippen LogP contribution in [0.25, 0.3) is 20.8 Å². The fourth-order valence-corrected chi connectivity index (χ4v) is 2.22. The molecular formula is C15H3F3N4. The molecule has 22 heavy (non-hydrogen) atoms. The molecule has 0 aromatic heterocycles. The number of halogens is 3. The van der Waals surface area contributed by atoms with Gasteiger partial charge in [0.1, 0.15) is 0 Å². The molecular weight excluding hydrogens is 293 g/mol. The first-order chi connectivity index (χ1) is 10.5. The molecule has 0 saturated heterocycles. The lowest BCUT2D eigenvalue weighted by molar-refractivity contribution is 0.445. The Balaban J connectivity index is 3.01. The van der Waals surface area contributed by atoms with Crippen molar-refractivity contribution in [3.8, 4) is 12.1 Å². The van der Waals surface area contributed by atoms with Crippen LogP contribution in [0.4, 0.5) is 13.2 Å². The summed E-state index contributed by atoms with van der Waals surface area (Å²) in [7, 11) is 0. The van der Waals surface area contributed by atoms with E-state index in [4.69, 9.17) is 23.7 Å². The second-order valence-electron chi connectivity index (χ2n) is 4.19. The predicted molar refractivity (Wildman–Crippen MR) is 69.2 cm³/mol. The van der Waals surface area contributed by atoms with E-state index >= 15 is 0 Å². The summed E-state index contributed by atoms with van der Waals surface area (Å²) in [6, 6.07) is 3.80. The minimum atomic E-state index is -1.74. The lowest BCUT2D eigenvalue weighted by atomic mass is 10.0. The van der Waals surface area contributed by atoms with Crippen LogP contribution in [0.1, 0.15) is 17.5 Å². The van der Waals surface area contributed by atoms with E-state index in [-0.39, 0.29) is 23.1 Å². The maximum absolute atomic E-state index is 14.0. The van der Waals surface area contributed by atoms with Crippen molar-refractivity contribution in [2.75, 3.05) is 0 Å². The van der Waals surface area contributed by atoms with Crippen LogP contribution in [0.15, 0.2) is 17.5 Å². The molecule has 4 nitrogen and oxygen atoms in total. The predicted octanol–water partition coefficient (Wildman–Crippen LogP) is 3.82. The minimum Gasteiger partial charge on any atom is -0.226 e. The number of hydrogen-bond acceptors (Lipinski definition) is 2. The van der Waals surface area contributed by atoms with E-state index in [0.717, 1.165) is 0 Å². The molecule has 0 radical (unpaired) electrons. The summed E-state index contributed by atoms with van der Waals surface area (Å²) >= 11 is 0. The topological polar surface area (TPSA) is 56.3 Å². The Morgan fingerprint density at radius 3 is 2.05 bits per heavy atom. The largest absolute Gasteiger partial charge is 0.266 e. The van der Waals surface area contributed by atoms with E-state index in [0.29, 0.717) is 6.07 Å². The maximum Gasteiger partial charge on any atom is 0.266 e. The van der Waals surface area contributed by atoms with Crippen LogP contribution in [0, 0.1) is 53.3 Å². The van der Waals surface area contributed by atoms with Crippen molar-refractivity contribution in [2.24, 2.45) is 0 Å². The van der Waals surface area contributed by atoms with Gasteiger partial charge < -0.3 is 0 Å². The first-order valence-corrected chi connectivity index (χ1v) is 5.69. The Hall–Kier alpha value is -3.55. The number of benzene rings is 1. The number of fused-ring (bicyclic) bond motifs is 1. The molecule has 0 saturated carbocycles. The number of nitrogens with zero attached hydrogens (tertiary/aromatic N) is 4. The van der Waals surface area contributed by atoms with Gasteiger partial charge in [0.05, 0.1) is 25.3 Å². The van der Waals surface area contributed by atoms with E-state index in [9.17, 15) is 13.2 Å². The van der Waals surface area contributed by atoms with Gasteiger partial charge >= 0.3 is 0 Å². The van der Waals surface area contributed by atoms with Crippen LogP contribution in [0.3, 0.4) is 0 Å². The molecule has 1 aliphatic rings. The monoisotopic (exact) mass is 296 g/mol. The third-order valence-electron chi connectivity index (χ3n) is 3.15. The zero-order chi connectivity index (χ0) is 16.4. The molecule has 0 heterocycles. The Labute approximate surface area is 123 Å². The molecule has 7 heteroatoms. The highest BCUT2D eigenvalue weighted by molar-refractivity contribution is 5.97. The maximum atomic E-state index is 14.0. The molecule has 0 N–H and O–H groups in total. The first kappa shape index (κ1) is 14.9. The van der Waals surface area contributed by atoms with Gasteiger partial charge in [-0.2, -0.15) is 0 Å². The summed E-state index contributed by atoms with van der Waals surface area (Å²) in [4.78, 5) is 5.89. The van der Waals surface area contributed by atoms with Crippen LogP contribution in [-0.4, -0.2) is 0 Å². The van der Waals surface area contributed by atoms with Crippen molar-refractivity contribution in [3.05, 3.63) is 68.9 Å². The summed E-state index contributed by atoms with van der Waals surface area (Å²) in [5, 5.41) is 17.8. The standard InChI is InChI=1S/C15H3F3N4/c1-21-11(5-19)7-3-9(12(6-20)22-2)13-8(7)4-10(16)14(17)15(13)18/h4H,3H2/b11-7-,12-9-. The quantitative estimate of drug-likeness (QED) is 0.415. The Bertz CT molecular complexity index is 896. The lowest BCUT2D eigenvalue weighted by Gasteiger charge is -2.05. The van der Waals surface area contributed by atoms with Crippen LogP contribution in [-0.2, 0) is 0 Å². The molecule has 104 valence electrons. The smallest absolute Gasteiger partial charge is 0.226 e. The van der Waals surface area contributed by atoms with Gasteiger partial charge in [0.25, 0.3) is 11.4 Å². The van der Waals surface area contributed by atoms with Crippen LogP contribution < -0.4 is 0 Å². The van der Waals surface area contributed by atoms with Gasteiger partial charge in [0.2, 0.25) is 0 Å². The van der Waals surface area contributed by atoms with Crippen molar-refractivity contribution in [1.82, 2.24) is 0 Å².